The van der Waals surface area contributed by atoms with E-state index in [9.17, 15) is 14.9 Å². The Labute approximate surface area is 167 Å². The lowest BCUT2D eigenvalue weighted by molar-refractivity contribution is -0.385. The topological polar surface area (TPSA) is 104 Å². The molecule has 0 radical (unpaired) electrons. The molecule has 0 spiro atoms. The van der Waals surface area contributed by atoms with Crippen LogP contribution in [0.5, 0.6) is 11.5 Å². The van der Waals surface area contributed by atoms with Crippen LogP contribution in [0, 0.1) is 17.0 Å². The Morgan fingerprint density at radius 1 is 1.28 bits per heavy atom. The summed E-state index contributed by atoms with van der Waals surface area (Å²) in [6, 6.07) is 9.60. The summed E-state index contributed by atoms with van der Waals surface area (Å²) in [5, 5.41) is 15.2. The Morgan fingerprint density at radius 2 is 2.00 bits per heavy atom. The predicted octanol–water partition coefficient (Wildman–Crippen LogP) is 4.55. The lowest BCUT2D eigenvalue weighted by Gasteiger charge is -2.15. The number of para-hydroxylation sites is 1. The summed E-state index contributed by atoms with van der Waals surface area (Å²) < 4.78 is 16.5. The number of nitro groups is 1. The first-order valence-corrected chi connectivity index (χ1v) is 9.15. The molecule has 1 unspecified atom stereocenters. The molecule has 1 aromatic heterocycles. The number of furan rings is 1. The quantitative estimate of drug-likeness (QED) is 0.463. The van der Waals surface area contributed by atoms with Crippen LogP contribution < -0.4 is 14.8 Å². The molecule has 1 heterocycles. The minimum absolute atomic E-state index is 0.111. The number of carbonyl (C=O) groups excluding carboxylic acids is 1. The van der Waals surface area contributed by atoms with Gasteiger partial charge in [-0.3, -0.25) is 14.9 Å². The maximum absolute atomic E-state index is 12.9. The number of fused-ring (bicyclic) bond motifs is 1. The second-order valence-electron chi connectivity index (χ2n) is 6.49. The largest absolute Gasteiger partial charge is 0.493 e. The maximum atomic E-state index is 12.9. The minimum Gasteiger partial charge on any atom is -0.493 e. The molecule has 2 aromatic carbocycles. The van der Waals surface area contributed by atoms with Crippen molar-refractivity contribution in [3.63, 3.8) is 0 Å². The van der Waals surface area contributed by atoms with E-state index in [1.165, 1.54) is 19.2 Å². The van der Waals surface area contributed by atoms with E-state index >= 15 is 0 Å². The zero-order chi connectivity index (χ0) is 21.1. The van der Waals surface area contributed by atoms with Crippen LogP contribution in [0.2, 0.25) is 0 Å². The number of carbonyl (C=O) groups is 1. The number of benzene rings is 2. The average Bonchev–Trinajstić information content (AvgIpc) is 3.04. The van der Waals surface area contributed by atoms with Gasteiger partial charge in [-0.05, 0) is 26.8 Å². The molecule has 0 bridgehead atoms. The Kier molecular flexibility index (Phi) is 5.72. The summed E-state index contributed by atoms with van der Waals surface area (Å²) in [4.78, 5) is 23.8. The summed E-state index contributed by atoms with van der Waals surface area (Å²) in [7, 11) is 1.38. The average molecular weight is 398 g/mol. The number of methoxy groups -OCH3 is 1. The smallest absolute Gasteiger partial charge is 0.286 e. The van der Waals surface area contributed by atoms with Gasteiger partial charge in [-0.25, -0.2) is 0 Å². The van der Waals surface area contributed by atoms with Gasteiger partial charge in [0.05, 0.1) is 30.7 Å². The summed E-state index contributed by atoms with van der Waals surface area (Å²) in [6.07, 6.45) is 0. The molecule has 1 atom stereocenters. The van der Waals surface area contributed by atoms with Gasteiger partial charge in [0.15, 0.2) is 11.5 Å². The lowest BCUT2D eigenvalue weighted by atomic mass is 10.1. The molecule has 0 aliphatic heterocycles. The zero-order valence-electron chi connectivity index (χ0n) is 16.6. The van der Waals surface area contributed by atoms with E-state index in [1.807, 2.05) is 31.2 Å². The molecular weight excluding hydrogens is 376 g/mol. The molecule has 29 heavy (non-hydrogen) atoms. The van der Waals surface area contributed by atoms with Crippen LogP contribution in [0.1, 0.15) is 41.6 Å². The van der Waals surface area contributed by atoms with Crippen molar-refractivity contribution < 1.29 is 23.6 Å². The molecule has 3 aromatic rings. The van der Waals surface area contributed by atoms with Gasteiger partial charge < -0.3 is 19.2 Å². The van der Waals surface area contributed by atoms with Crippen molar-refractivity contribution in [2.24, 2.45) is 0 Å². The van der Waals surface area contributed by atoms with Gasteiger partial charge in [-0.2, -0.15) is 0 Å². The fourth-order valence-corrected chi connectivity index (χ4v) is 3.26. The Balaban J connectivity index is 1.95. The highest BCUT2D eigenvalue weighted by molar-refractivity contribution is 5.99. The number of hydrogen-bond donors (Lipinski definition) is 1. The van der Waals surface area contributed by atoms with Crippen LogP contribution in [-0.2, 0) is 0 Å². The number of amides is 1. The van der Waals surface area contributed by atoms with E-state index < -0.39 is 16.9 Å². The molecule has 3 rings (SSSR count). The highest BCUT2D eigenvalue weighted by atomic mass is 16.6. The zero-order valence-corrected chi connectivity index (χ0v) is 16.6. The molecule has 0 aliphatic carbocycles. The van der Waals surface area contributed by atoms with Crippen molar-refractivity contribution in [1.82, 2.24) is 5.32 Å². The predicted molar refractivity (Wildman–Crippen MR) is 108 cm³/mol. The van der Waals surface area contributed by atoms with Crippen LogP contribution in [0.4, 0.5) is 5.69 Å². The maximum Gasteiger partial charge on any atom is 0.286 e. The van der Waals surface area contributed by atoms with E-state index in [1.54, 1.807) is 13.8 Å². The van der Waals surface area contributed by atoms with Crippen molar-refractivity contribution in [3.8, 4) is 11.5 Å². The van der Waals surface area contributed by atoms with E-state index in [0.717, 1.165) is 16.5 Å². The summed E-state index contributed by atoms with van der Waals surface area (Å²) in [5.41, 5.74) is 1.15. The van der Waals surface area contributed by atoms with Crippen molar-refractivity contribution in [2.75, 3.05) is 13.7 Å². The first-order chi connectivity index (χ1) is 13.9. The molecule has 0 saturated carbocycles. The molecular formula is C21H22N2O6. The number of ether oxygens (including phenoxy) is 2. The van der Waals surface area contributed by atoms with Crippen LogP contribution in [0.3, 0.4) is 0 Å². The monoisotopic (exact) mass is 398 g/mol. The van der Waals surface area contributed by atoms with E-state index in [4.69, 9.17) is 13.9 Å². The molecule has 0 saturated heterocycles. The summed E-state index contributed by atoms with van der Waals surface area (Å²) in [6.45, 7) is 5.77. The second kappa shape index (κ2) is 8.22. The van der Waals surface area contributed by atoms with E-state index in [2.05, 4.69) is 5.32 Å². The van der Waals surface area contributed by atoms with Gasteiger partial charge in [0.1, 0.15) is 16.9 Å². The van der Waals surface area contributed by atoms with E-state index in [-0.39, 0.29) is 22.7 Å². The number of nitrogens with one attached hydrogen (secondary N) is 1. The summed E-state index contributed by atoms with van der Waals surface area (Å²) >= 11 is 0. The number of nitrogens with zero attached hydrogens (tertiary/aromatic N) is 1. The Bertz CT molecular complexity index is 1070. The fourth-order valence-electron chi connectivity index (χ4n) is 3.26. The van der Waals surface area contributed by atoms with Crippen molar-refractivity contribution in [2.45, 2.75) is 26.8 Å². The van der Waals surface area contributed by atoms with E-state index in [0.29, 0.717) is 12.4 Å². The lowest BCUT2D eigenvalue weighted by Crippen LogP contribution is -2.27. The number of hydrogen-bond acceptors (Lipinski definition) is 6. The van der Waals surface area contributed by atoms with Gasteiger partial charge >= 0.3 is 0 Å². The minimum atomic E-state index is -0.621. The Hall–Kier alpha value is -3.55. The molecule has 0 fully saturated rings. The highest BCUT2D eigenvalue weighted by Gasteiger charge is 2.27. The van der Waals surface area contributed by atoms with Crippen LogP contribution in [0.25, 0.3) is 11.0 Å². The summed E-state index contributed by atoms with van der Waals surface area (Å²) in [5.74, 6) is 0.447. The first kappa shape index (κ1) is 20.2. The van der Waals surface area contributed by atoms with Gasteiger partial charge in [0, 0.05) is 17.0 Å². The van der Waals surface area contributed by atoms with Gasteiger partial charge in [-0.15, -0.1) is 0 Å². The number of nitro benzene ring substituents is 1. The first-order valence-electron chi connectivity index (χ1n) is 9.15. The number of aryl methyl sites for hydroxylation is 1. The van der Waals surface area contributed by atoms with Crippen molar-refractivity contribution >= 4 is 22.6 Å². The molecule has 152 valence electrons. The van der Waals surface area contributed by atoms with Crippen molar-refractivity contribution in [1.29, 1.82) is 0 Å². The van der Waals surface area contributed by atoms with Crippen LogP contribution in [0.15, 0.2) is 40.8 Å². The standard InChI is InChI=1S/C21H22N2O6/c1-5-28-19-10-15(16(23(25)26)11-18(19)27-4)21(24)22-13(3)20-12(2)14-8-6-7-9-17(14)29-20/h6-11,13H,5H2,1-4H3,(H,22,24). The highest BCUT2D eigenvalue weighted by Crippen LogP contribution is 2.35. The molecule has 0 aliphatic rings. The Morgan fingerprint density at radius 3 is 2.62 bits per heavy atom. The third-order valence-corrected chi connectivity index (χ3v) is 4.64. The fraction of sp³-hybridized carbons (Fsp3) is 0.286. The normalized spacial score (nSPS) is 11.9. The molecule has 8 heteroatoms. The van der Waals surface area contributed by atoms with Gasteiger partial charge in [0.25, 0.3) is 11.6 Å². The molecule has 1 amide bonds. The second-order valence-corrected chi connectivity index (χ2v) is 6.49. The van der Waals surface area contributed by atoms with Gasteiger partial charge in [-0.1, -0.05) is 18.2 Å². The van der Waals surface area contributed by atoms with Crippen LogP contribution in [-0.4, -0.2) is 24.5 Å². The SMILES string of the molecule is CCOc1cc(C(=O)NC(C)c2oc3ccccc3c2C)c([N+](=O)[O-])cc1OC. The molecule has 8 nitrogen and oxygen atoms in total. The number of rotatable bonds is 7. The van der Waals surface area contributed by atoms with Crippen LogP contribution >= 0.6 is 0 Å². The third-order valence-electron chi connectivity index (χ3n) is 4.64. The van der Waals surface area contributed by atoms with Gasteiger partial charge in [0.2, 0.25) is 0 Å². The van der Waals surface area contributed by atoms with Crippen molar-refractivity contribution in [3.05, 3.63) is 63.4 Å². The third kappa shape index (κ3) is 3.87. The molecule has 1 N–H and O–H groups in total.